The molecular weight excluding hydrogens is 290 g/mol. The lowest BCUT2D eigenvalue weighted by Gasteiger charge is -2.15. The third-order valence-corrected chi connectivity index (χ3v) is 3.93. The van der Waals surface area contributed by atoms with Crippen LogP contribution in [0.5, 0.6) is 5.75 Å². The molecule has 4 nitrogen and oxygen atoms in total. The first-order valence-corrected chi connectivity index (χ1v) is 7.12. The number of H-pyrrole nitrogens is 1. The Morgan fingerprint density at radius 3 is 2.32 bits per heavy atom. The number of hydrogen-bond donors (Lipinski definition) is 1. The highest BCUT2D eigenvalue weighted by atomic mass is 19.2. The van der Waals surface area contributed by atoms with Gasteiger partial charge in [0, 0.05) is 23.2 Å². The fraction of sp³-hybridized carbons (Fsp3) is 0.438. The highest BCUT2D eigenvalue weighted by Crippen LogP contribution is 2.31. The molecule has 0 aliphatic heterocycles. The molecule has 120 valence electrons. The summed E-state index contributed by atoms with van der Waals surface area (Å²) in [5.74, 6) is -2.74. The predicted molar refractivity (Wildman–Crippen MR) is 80.6 cm³/mol. The first-order chi connectivity index (χ1) is 10.3. The van der Waals surface area contributed by atoms with Crippen molar-refractivity contribution < 1.29 is 13.5 Å². The minimum absolute atomic E-state index is 0.0751. The molecule has 0 saturated carbocycles. The Kier molecular flexibility index (Phi) is 4.39. The van der Waals surface area contributed by atoms with Gasteiger partial charge in [-0.1, -0.05) is 13.0 Å². The predicted octanol–water partition coefficient (Wildman–Crippen LogP) is 3.50. The number of aromatic nitrogens is 2. The Bertz CT molecular complexity index is 747. The smallest absolute Gasteiger partial charge is 0.268 e. The summed E-state index contributed by atoms with van der Waals surface area (Å²) in [5, 5.41) is 2.74. The number of methoxy groups -OCH3 is 1. The molecule has 2 rings (SSSR count). The monoisotopic (exact) mass is 310 g/mol. The number of benzene rings is 1. The van der Waals surface area contributed by atoms with Crippen LogP contribution in [0.15, 0.2) is 16.9 Å². The maximum Gasteiger partial charge on any atom is 0.268 e. The third-order valence-electron chi connectivity index (χ3n) is 3.93. The summed E-state index contributed by atoms with van der Waals surface area (Å²) in [7, 11) is 1.28. The van der Waals surface area contributed by atoms with Gasteiger partial charge in [0.2, 0.25) is 5.82 Å². The van der Waals surface area contributed by atoms with Crippen LogP contribution in [0.4, 0.5) is 8.78 Å². The van der Waals surface area contributed by atoms with Crippen molar-refractivity contribution in [3.8, 4) is 5.75 Å². The lowest BCUT2D eigenvalue weighted by Crippen LogP contribution is -2.13. The number of nitrogens with zero attached hydrogens (tertiary/aromatic N) is 1. The number of nitrogens with one attached hydrogen (secondary N) is 1. The Labute approximate surface area is 127 Å². The number of halogens is 2. The van der Waals surface area contributed by atoms with Crippen molar-refractivity contribution in [1.29, 1.82) is 0 Å². The largest absolute Gasteiger partial charge is 0.494 e. The normalized spacial score (nSPS) is 12.7. The Hall–Kier alpha value is -2.11. The summed E-state index contributed by atoms with van der Waals surface area (Å²) in [6.07, 6.45) is 0. The van der Waals surface area contributed by atoms with Crippen LogP contribution in [0.1, 0.15) is 49.6 Å². The van der Waals surface area contributed by atoms with E-state index >= 15 is 0 Å². The van der Waals surface area contributed by atoms with Crippen molar-refractivity contribution >= 4 is 0 Å². The van der Waals surface area contributed by atoms with E-state index in [2.05, 4.69) is 5.10 Å². The van der Waals surface area contributed by atoms with Gasteiger partial charge in [-0.2, -0.15) is 4.39 Å². The fourth-order valence-corrected chi connectivity index (χ4v) is 2.77. The highest BCUT2D eigenvalue weighted by molar-refractivity contribution is 5.38. The van der Waals surface area contributed by atoms with E-state index in [1.54, 1.807) is 18.5 Å². The molecular formula is C16H20F2N2O2. The molecule has 1 unspecified atom stereocenters. The van der Waals surface area contributed by atoms with Gasteiger partial charge >= 0.3 is 0 Å². The van der Waals surface area contributed by atoms with E-state index in [1.165, 1.54) is 19.2 Å². The van der Waals surface area contributed by atoms with Gasteiger partial charge in [0.15, 0.2) is 11.6 Å². The van der Waals surface area contributed by atoms with Crippen LogP contribution in [0, 0.1) is 18.6 Å². The van der Waals surface area contributed by atoms with Crippen molar-refractivity contribution in [2.45, 2.75) is 39.7 Å². The van der Waals surface area contributed by atoms with Gasteiger partial charge in [-0.15, -0.1) is 0 Å². The van der Waals surface area contributed by atoms with Crippen molar-refractivity contribution in [3.63, 3.8) is 0 Å². The lowest BCUT2D eigenvalue weighted by atomic mass is 9.92. The summed E-state index contributed by atoms with van der Waals surface area (Å²) >= 11 is 0. The number of aromatic amines is 1. The SMILES string of the molecule is COc1ccc(C(C)c2c(C)n(C(C)C)[nH]c2=O)c(F)c1F. The number of ether oxygens (including phenoxy) is 1. The van der Waals surface area contributed by atoms with Crippen LogP contribution < -0.4 is 10.3 Å². The Morgan fingerprint density at radius 2 is 1.82 bits per heavy atom. The summed E-state index contributed by atoms with van der Waals surface area (Å²) in [5.41, 5.74) is 1.02. The molecule has 1 atom stereocenters. The van der Waals surface area contributed by atoms with Crippen molar-refractivity contribution in [3.05, 3.63) is 50.9 Å². The Morgan fingerprint density at radius 1 is 1.18 bits per heavy atom. The second-order valence-electron chi connectivity index (χ2n) is 5.61. The van der Waals surface area contributed by atoms with E-state index in [4.69, 9.17) is 4.74 Å². The number of hydrogen-bond acceptors (Lipinski definition) is 2. The van der Waals surface area contributed by atoms with Gasteiger partial charge in [0.05, 0.1) is 7.11 Å². The van der Waals surface area contributed by atoms with E-state index in [0.29, 0.717) is 5.56 Å². The zero-order chi connectivity index (χ0) is 16.6. The van der Waals surface area contributed by atoms with E-state index in [9.17, 15) is 13.6 Å². The van der Waals surface area contributed by atoms with Crippen LogP contribution in [0.2, 0.25) is 0 Å². The minimum Gasteiger partial charge on any atom is -0.494 e. The fourth-order valence-electron chi connectivity index (χ4n) is 2.77. The maximum absolute atomic E-state index is 14.2. The highest BCUT2D eigenvalue weighted by Gasteiger charge is 2.25. The van der Waals surface area contributed by atoms with Crippen LogP contribution in [-0.4, -0.2) is 16.9 Å². The maximum atomic E-state index is 14.2. The van der Waals surface area contributed by atoms with E-state index in [-0.39, 0.29) is 22.9 Å². The van der Waals surface area contributed by atoms with Crippen LogP contribution in [0.3, 0.4) is 0 Å². The molecule has 0 radical (unpaired) electrons. The lowest BCUT2D eigenvalue weighted by molar-refractivity contribution is 0.369. The van der Waals surface area contributed by atoms with Gasteiger partial charge in [-0.3, -0.25) is 14.6 Å². The van der Waals surface area contributed by atoms with E-state index in [1.807, 2.05) is 13.8 Å². The first-order valence-electron chi connectivity index (χ1n) is 7.12. The second-order valence-corrected chi connectivity index (χ2v) is 5.61. The molecule has 0 amide bonds. The minimum atomic E-state index is -1.04. The molecule has 22 heavy (non-hydrogen) atoms. The van der Waals surface area contributed by atoms with Crippen molar-refractivity contribution in [1.82, 2.24) is 9.78 Å². The summed E-state index contributed by atoms with van der Waals surface area (Å²) in [6, 6.07) is 2.90. The topological polar surface area (TPSA) is 47.0 Å². The van der Waals surface area contributed by atoms with Crippen LogP contribution in [0.25, 0.3) is 0 Å². The molecule has 0 bridgehead atoms. The van der Waals surface area contributed by atoms with E-state index < -0.39 is 17.6 Å². The van der Waals surface area contributed by atoms with Crippen molar-refractivity contribution in [2.24, 2.45) is 0 Å². The summed E-state index contributed by atoms with van der Waals surface area (Å²) in [4.78, 5) is 12.2. The molecule has 1 heterocycles. The molecule has 0 aliphatic carbocycles. The van der Waals surface area contributed by atoms with Crippen LogP contribution >= 0.6 is 0 Å². The summed E-state index contributed by atoms with van der Waals surface area (Å²) < 4.78 is 34.6. The van der Waals surface area contributed by atoms with Gasteiger partial charge < -0.3 is 4.74 Å². The summed E-state index contributed by atoms with van der Waals surface area (Å²) in [6.45, 7) is 7.35. The molecule has 1 aromatic carbocycles. The molecule has 0 saturated heterocycles. The molecule has 1 N–H and O–H groups in total. The van der Waals surface area contributed by atoms with Gasteiger partial charge in [-0.25, -0.2) is 4.39 Å². The standard InChI is InChI=1S/C16H20F2N2O2/c1-8(2)20-10(4)13(16(21)19-20)9(3)11-6-7-12(22-5)15(18)14(11)17/h6-9H,1-5H3,(H,19,21). The van der Waals surface area contributed by atoms with Crippen LogP contribution in [-0.2, 0) is 0 Å². The molecule has 2 aromatic rings. The van der Waals surface area contributed by atoms with Gasteiger partial charge in [0.1, 0.15) is 0 Å². The number of rotatable bonds is 4. The molecule has 0 fully saturated rings. The van der Waals surface area contributed by atoms with Gasteiger partial charge in [-0.05, 0) is 32.4 Å². The Balaban J connectivity index is 2.56. The van der Waals surface area contributed by atoms with Crippen molar-refractivity contribution in [2.75, 3.05) is 7.11 Å². The first kappa shape index (κ1) is 16.3. The zero-order valence-corrected chi connectivity index (χ0v) is 13.3. The van der Waals surface area contributed by atoms with Gasteiger partial charge in [0.25, 0.3) is 5.56 Å². The second kappa shape index (κ2) is 5.94. The molecule has 1 aromatic heterocycles. The zero-order valence-electron chi connectivity index (χ0n) is 13.3. The average Bonchev–Trinajstić information content (AvgIpc) is 2.76. The molecule has 0 spiro atoms. The molecule has 0 aliphatic rings. The quantitative estimate of drug-likeness (QED) is 0.939. The third kappa shape index (κ3) is 2.53. The van der Waals surface area contributed by atoms with E-state index in [0.717, 1.165) is 5.69 Å². The molecule has 6 heteroatoms. The average molecular weight is 310 g/mol.